The number of aromatic nitrogens is 3. The molecule has 0 fully saturated rings. The van der Waals surface area contributed by atoms with E-state index in [1.165, 1.54) is 11.8 Å². The molecular weight excluding hydrogens is 400 g/mol. The summed E-state index contributed by atoms with van der Waals surface area (Å²) in [5.74, 6) is 2.08. The van der Waals surface area contributed by atoms with Crippen LogP contribution in [0.5, 0.6) is 5.75 Å². The third-order valence-corrected chi connectivity index (χ3v) is 5.23. The Bertz CT molecular complexity index is 970. The Kier molecular flexibility index (Phi) is 6.64. The number of carbonyl (C=O) groups excluding carboxylic acids is 1. The monoisotopic (exact) mass is 420 g/mol. The van der Waals surface area contributed by atoms with Gasteiger partial charge in [0.2, 0.25) is 5.91 Å². The zero-order valence-electron chi connectivity index (χ0n) is 15.9. The van der Waals surface area contributed by atoms with Gasteiger partial charge >= 0.3 is 0 Å². The molecule has 9 heteroatoms. The quantitative estimate of drug-likeness (QED) is 0.534. The fourth-order valence-electron chi connectivity index (χ4n) is 2.73. The van der Waals surface area contributed by atoms with Crippen molar-refractivity contribution >= 4 is 35.0 Å². The molecule has 3 rings (SSSR count). The summed E-state index contributed by atoms with van der Waals surface area (Å²) in [6.45, 7) is 4.72. The van der Waals surface area contributed by atoms with Gasteiger partial charge in [0.05, 0.1) is 30.4 Å². The molecule has 0 saturated carbocycles. The first-order valence-corrected chi connectivity index (χ1v) is 10.1. The van der Waals surface area contributed by atoms with E-state index in [2.05, 4.69) is 22.4 Å². The molecule has 1 aromatic carbocycles. The van der Waals surface area contributed by atoms with E-state index in [1.54, 1.807) is 31.6 Å². The molecule has 0 saturated heterocycles. The number of ether oxygens (including phenoxy) is 1. The average Bonchev–Trinajstić information content (AvgIpc) is 3.26. The fourth-order valence-corrected chi connectivity index (χ4v) is 3.67. The van der Waals surface area contributed by atoms with Crippen LogP contribution in [0.15, 0.2) is 40.1 Å². The van der Waals surface area contributed by atoms with Gasteiger partial charge in [-0.05, 0) is 37.6 Å². The van der Waals surface area contributed by atoms with Gasteiger partial charge in [0.25, 0.3) is 0 Å². The summed E-state index contributed by atoms with van der Waals surface area (Å²) in [7, 11) is 1.54. The van der Waals surface area contributed by atoms with Gasteiger partial charge in [0.15, 0.2) is 11.0 Å². The lowest BCUT2D eigenvalue weighted by Gasteiger charge is -2.11. The Morgan fingerprint density at radius 1 is 1.36 bits per heavy atom. The largest absolute Gasteiger partial charge is 0.495 e. The number of hydrogen-bond donors (Lipinski definition) is 1. The SMILES string of the molecule is CCCn1c(SCC(=O)Nc2cc(Cl)ccc2OC)nnc1-c1ccoc1C. The summed E-state index contributed by atoms with van der Waals surface area (Å²) >= 11 is 7.34. The second kappa shape index (κ2) is 9.16. The molecule has 2 aromatic heterocycles. The number of nitrogens with zero attached hydrogens (tertiary/aromatic N) is 3. The van der Waals surface area contributed by atoms with Crippen LogP contribution in [-0.2, 0) is 11.3 Å². The highest BCUT2D eigenvalue weighted by Gasteiger charge is 2.18. The van der Waals surface area contributed by atoms with Crippen LogP contribution in [0.3, 0.4) is 0 Å². The van der Waals surface area contributed by atoms with Gasteiger partial charge in [0, 0.05) is 11.6 Å². The van der Waals surface area contributed by atoms with Gasteiger partial charge in [-0.3, -0.25) is 4.79 Å². The maximum atomic E-state index is 12.4. The zero-order valence-corrected chi connectivity index (χ0v) is 17.4. The highest BCUT2D eigenvalue weighted by atomic mass is 35.5. The van der Waals surface area contributed by atoms with Crippen molar-refractivity contribution in [2.45, 2.75) is 32.0 Å². The molecule has 0 spiro atoms. The highest BCUT2D eigenvalue weighted by molar-refractivity contribution is 7.99. The Morgan fingerprint density at radius 3 is 2.86 bits per heavy atom. The van der Waals surface area contributed by atoms with Crippen molar-refractivity contribution < 1.29 is 13.9 Å². The summed E-state index contributed by atoms with van der Waals surface area (Å²) < 4.78 is 12.6. The van der Waals surface area contributed by atoms with Crippen LogP contribution in [0.25, 0.3) is 11.4 Å². The van der Waals surface area contributed by atoms with Crippen molar-refractivity contribution in [3.8, 4) is 17.1 Å². The van der Waals surface area contributed by atoms with E-state index in [9.17, 15) is 4.79 Å². The maximum Gasteiger partial charge on any atom is 0.234 e. The maximum absolute atomic E-state index is 12.4. The van der Waals surface area contributed by atoms with Crippen molar-refractivity contribution in [2.24, 2.45) is 0 Å². The molecule has 7 nitrogen and oxygen atoms in total. The second-order valence-electron chi connectivity index (χ2n) is 6.03. The minimum Gasteiger partial charge on any atom is -0.495 e. The van der Waals surface area contributed by atoms with Crippen molar-refractivity contribution in [2.75, 3.05) is 18.2 Å². The first-order valence-electron chi connectivity index (χ1n) is 8.77. The van der Waals surface area contributed by atoms with Gasteiger partial charge in [-0.15, -0.1) is 10.2 Å². The summed E-state index contributed by atoms with van der Waals surface area (Å²) in [4.78, 5) is 12.4. The van der Waals surface area contributed by atoms with Gasteiger partial charge in [0.1, 0.15) is 11.5 Å². The van der Waals surface area contributed by atoms with Crippen LogP contribution in [0.2, 0.25) is 5.02 Å². The predicted molar refractivity (Wildman–Crippen MR) is 110 cm³/mol. The minimum atomic E-state index is -0.183. The molecule has 0 aliphatic rings. The summed E-state index contributed by atoms with van der Waals surface area (Å²) in [6, 6.07) is 6.94. The Labute approximate surface area is 172 Å². The van der Waals surface area contributed by atoms with E-state index in [0.29, 0.717) is 21.6 Å². The molecule has 0 bridgehead atoms. The molecule has 3 aromatic rings. The first-order chi connectivity index (χ1) is 13.5. The normalized spacial score (nSPS) is 10.9. The van der Waals surface area contributed by atoms with Crippen molar-refractivity contribution in [3.63, 3.8) is 0 Å². The molecular formula is C19H21ClN4O3S. The molecule has 1 amide bonds. The van der Waals surface area contributed by atoms with E-state index in [4.69, 9.17) is 20.8 Å². The fraction of sp³-hybridized carbons (Fsp3) is 0.316. The third kappa shape index (κ3) is 4.51. The Hall–Kier alpha value is -2.45. The number of anilines is 1. The molecule has 0 aliphatic heterocycles. The van der Waals surface area contributed by atoms with Crippen LogP contribution < -0.4 is 10.1 Å². The predicted octanol–water partition coefficient (Wildman–Crippen LogP) is 4.65. The molecule has 0 radical (unpaired) electrons. The Balaban J connectivity index is 1.72. The zero-order chi connectivity index (χ0) is 20.1. The topological polar surface area (TPSA) is 82.2 Å². The van der Waals surface area contributed by atoms with E-state index >= 15 is 0 Å². The number of methoxy groups -OCH3 is 1. The number of rotatable bonds is 8. The van der Waals surface area contributed by atoms with Crippen molar-refractivity contribution in [1.82, 2.24) is 14.8 Å². The number of hydrogen-bond acceptors (Lipinski definition) is 6. The van der Waals surface area contributed by atoms with E-state index in [1.807, 2.05) is 17.6 Å². The lowest BCUT2D eigenvalue weighted by molar-refractivity contribution is -0.113. The average molecular weight is 421 g/mol. The van der Waals surface area contributed by atoms with Gasteiger partial charge in [-0.2, -0.15) is 0 Å². The number of amides is 1. The standard InChI is InChI=1S/C19H21ClN4O3S/c1-4-8-24-18(14-7-9-27-12(14)2)22-23-19(24)28-11-17(25)21-15-10-13(20)5-6-16(15)26-3/h5-7,9-10H,4,8,11H2,1-3H3,(H,21,25). The van der Waals surface area contributed by atoms with E-state index < -0.39 is 0 Å². The molecule has 0 aliphatic carbocycles. The molecule has 0 atom stereocenters. The third-order valence-electron chi connectivity index (χ3n) is 4.03. The van der Waals surface area contributed by atoms with Crippen LogP contribution in [0.4, 0.5) is 5.69 Å². The number of carbonyl (C=O) groups is 1. The molecule has 28 heavy (non-hydrogen) atoms. The second-order valence-corrected chi connectivity index (χ2v) is 7.41. The Morgan fingerprint density at radius 2 is 2.18 bits per heavy atom. The molecule has 2 heterocycles. The number of furan rings is 1. The van der Waals surface area contributed by atoms with Gasteiger partial charge in [-0.1, -0.05) is 30.3 Å². The van der Waals surface area contributed by atoms with E-state index in [0.717, 1.165) is 30.1 Å². The highest BCUT2D eigenvalue weighted by Crippen LogP contribution is 2.29. The van der Waals surface area contributed by atoms with Gasteiger partial charge < -0.3 is 19.0 Å². The van der Waals surface area contributed by atoms with Crippen LogP contribution >= 0.6 is 23.4 Å². The van der Waals surface area contributed by atoms with Crippen molar-refractivity contribution in [3.05, 3.63) is 41.3 Å². The van der Waals surface area contributed by atoms with E-state index in [-0.39, 0.29) is 11.7 Å². The number of thioether (sulfide) groups is 1. The van der Waals surface area contributed by atoms with Gasteiger partial charge in [-0.25, -0.2) is 0 Å². The van der Waals surface area contributed by atoms with Crippen molar-refractivity contribution in [1.29, 1.82) is 0 Å². The number of aryl methyl sites for hydroxylation is 1. The smallest absolute Gasteiger partial charge is 0.234 e. The summed E-state index contributed by atoms with van der Waals surface area (Å²) in [6.07, 6.45) is 2.55. The lowest BCUT2D eigenvalue weighted by Crippen LogP contribution is -2.15. The van der Waals surface area contributed by atoms with Crippen LogP contribution in [0.1, 0.15) is 19.1 Å². The van der Waals surface area contributed by atoms with Crippen LogP contribution in [-0.4, -0.2) is 33.5 Å². The number of nitrogens with one attached hydrogen (secondary N) is 1. The first kappa shape index (κ1) is 20.3. The van der Waals surface area contributed by atoms with Crippen LogP contribution in [0, 0.1) is 6.92 Å². The minimum absolute atomic E-state index is 0.182. The molecule has 1 N–H and O–H groups in total. The lowest BCUT2D eigenvalue weighted by atomic mass is 10.2. The molecule has 148 valence electrons. The number of benzene rings is 1. The molecule has 0 unspecified atom stereocenters. The summed E-state index contributed by atoms with van der Waals surface area (Å²) in [5, 5.41) is 12.6. The summed E-state index contributed by atoms with van der Waals surface area (Å²) in [5.41, 5.74) is 1.44. The number of halogens is 1.